The minimum absolute atomic E-state index is 0.101. The monoisotopic (exact) mass is 360 g/mol. The van der Waals surface area contributed by atoms with Gasteiger partial charge in [-0.25, -0.2) is 0 Å². The molecule has 8 nitrogen and oxygen atoms in total. The van der Waals surface area contributed by atoms with Gasteiger partial charge in [-0.2, -0.15) is 5.26 Å². The largest absolute Gasteiger partial charge is 0.468 e. The molecule has 1 aliphatic heterocycles. The Bertz CT molecular complexity index is 630. The first kappa shape index (κ1) is 21.3. The molecule has 1 unspecified atom stereocenters. The molecule has 0 aromatic heterocycles. The number of aldehydes is 1. The van der Waals surface area contributed by atoms with Crippen molar-refractivity contribution in [1.29, 1.82) is 5.26 Å². The van der Waals surface area contributed by atoms with Gasteiger partial charge < -0.3 is 25.5 Å². The summed E-state index contributed by atoms with van der Waals surface area (Å²) >= 11 is 0. The molecular formula is C18H24N4O4. The van der Waals surface area contributed by atoms with Crippen LogP contribution in [0.3, 0.4) is 0 Å². The van der Waals surface area contributed by atoms with Crippen molar-refractivity contribution in [3.63, 3.8) is 0 Å². The lowest BCUT2D eigenvalue weighted by Gasteiger charge is -2.19. The van der Waals surface area contributed by atoms with Crippen LogP contribution >= 0.6 is 0 Å². The van der Waals surface area contributed by atoms with Gasteiger partial charge in [0.2, 0.25) is 5.91 Å². The van der Waals surface area contributed by atoms with Gasteiger partial charge in [0.05, 0.1) is 26.3 Å². The summed E-state index contributed by atoms with van der Waals surface area (Å²) in [6.07, 6.45) is 2.35. The van der Waals surface area contributed by atoms with Gasteiger partial charge in [0.1, 0.15) is 18.4 Å². The van der Waals surface area contributed by atoms with Crippen LogP contribution in [-0.2, 0) is 19.1 Å². The molecule has 1 amide bonds. The van der Waals surface area contributed by atoms with Crippen molar-refractivity contribution in [2.75, 3.05) is 26.7 Å². The van der Waals surface area contributed by atoms with Crippen molar-refractivity contribution < 1.29 is 19.1 Å². The zero-order chi connectivity index (χ0) is 19.4. The summed E-state index contributed by atoms with van der Waals surface area (Å²) in [7, 11) is 1.32. The molecule has 2 rings (SSSR count). The Morgan fingerprint density at radius 1 is 1.46 bits per heavy atom. The highest BCUT2D eigenvalue weighted by Gasteiger charge is 2.27. The molecule has 2 atom stereocenters. The fourth-order valence-electron chi connectivity index (χ4n) is 2.46. The van der Waals surface area contributed by atoms with Crippen LogP contribution in [0.15, 0.2) is 30.3 Å². The van der Waals surface area contributed by atoms with Crippen molar-refractivity contribution in [2.45, 2.75) is 24.9 Å². The quantitative estimate of drug-likeness (QED) is 0.420. The molecule has 1 aliphatic rings. The molecule has 1 saturated heterocycles. The zero-order valence-corrected chi connectivity index (χ0v) is 14.8. The summed E-state index contributed by atoms with van der Waals surface area (Å²) in [4.78, 5) is 34.0. The standard InChI is InChI=1S/C9H13N3O2.C9H11NO2/c10-6-8-2-1-4-12(8)9(14)7-11-3-5-13;1-12-9(11)8(10)7-5-3-2-4-6-7/h5,8,11H,1-4,7H2;2-6,8H,10H2,1H3/t;8-/m.1/s1. The van der Waals surface area contributed by atoms with E-state index in [1.807, 2.05) is 18.2 Å². The van der Waals surface area contributed by atoms with Gasteiger partial charge >= 0.3 is 5.97 Å². The summed E-state index contributed by atoms with van der Waals surface area (Å²) in [5, 5.41) is 11.4. The van der Waals surface area contributed by atoms with Gasteiger partial charge in [0, 0.05) is 6.54 Å². The number of nitriles is 1. The molecule has 26 heavy (non-hydrogen) atoms. The highest BCUT2D eigenvalue weighted by molar-refractivity contribution is 5.79. The SMILES string of the molecule is COC(=O)[C@H](N)c1ccccc1.N#CC1CCCN1C(=O)CNCC=O. The first-order chi connectivity index (χ1) is 12.5. The number of benzene rings is 1. The average Bonchev–Trinajstić information content (AvgIpc) is 3.17. The Balaban J connectivity index is 0.000000263. The summed E-state index contributed by atoms with van der Waals surface area (Å²) in [6, 6.07) is 10.3. The van der Waals surface area contributed by atoms with Crippen LogP contribution in [0.5, 0.6) is 0 Å². The van der Waals surface area contributed by atoms with E-state index in [0.717, 1.165) is 18.4 Å². The number of rotatable bonds is 6. The minimum Gasteiger partial charge on any atom is -0.468 e. The van der Waals surface area contributed by atoms with Gasteiger partial charge in [-0.05, 0) is 18.4 Å². The number of hydrogen-bond acceptors (Lipinski definition) is 7. The van der Waals surface area contributed by atoms with Crippen LogP contribution in [0.4, 0.5) is 0 Å². The van der Waals surface area contributed by atoms with Gasteiger partial charge in [-0.15, -0.1) is 0 Å². The fraction of sp³-hybridized carbons (Fsp3) is 0.444. The van der Waals surface area contributed by atoms with Crippen LogP contribution < -0.4 is 11.1 Å². The Labute approximate surface area is 152 Å². The van der Waals surface area contributed by atoms with E-state index >= 15 is 0 Å². The molecule has 8 heteroatoms. The molecule has 1 heterocycles. The number of methoxy groups -OCH3 is 1. The molecular weight excluding hydrogens is 336 g/mol. The van der Waals surface area contributed by atoms with Crippen molar-refractivity contribution >= 4 is 18.2 Å². The van der Waals surface area contributed by atoms with Gasteiger partial charge in [0.25, 0.3) is 0 Å². The number of nitrogens with one attached hydrogen (secondary N) is 1. The predicted molar refractivity (Wildman–Crippen MR) is 94.7 cm³/mol. The van der Waals surface area contributed by atoms with E-state index in [4.69, 9.17) is 11.0 Å². The summed E-state index contributed by atoms with van der Waals surface area (Å²) < 4.78 is 4.50. The summed E-state index contributed by atoms with van der Waals surface area (Å²) in [6.45, 7) is 0.966. The first-order valence-electron chi connectivity index (χ1n) is 8.27. The maximum absolute atomic E-state index is 11.5. The topological polar surface area (TPSA) is 126 Å². The normalized spacial score (nSPS) is 16.7. The van der Waals surface area contributed by atoms with Gasteiger partial charge in [0.15, 0.2) is 0 Å². The highest BCUT2D eigenvalue weighted by Crippen LogP contribution is 2.15. The van der Waals surface area contributed by atoms with E-state index in [0.29, 0.717) is 12.8 Å². The second-order valence-electron chi connectivity index (χ2n) is 5.58. The molecule has 1 aromatic carbocycles. The molecule has 0 radical (unpaired) electrons. The zero-order valence-electron chi connectivity index (χ0n) is 14.8. The maximum atomic E-state index is 11.5. The average molecular weight is 360 g/mol. The third-order valence-corrected chi connectivity index (χ3v) is 3.84. The number of ether oxygens (including phenoxy) is 1. The molecule has 0 spiro atoms. The van der Waals surface area contributed by atoms with E-state index in [9.17, 15) is 14.4 Å². The van der Waals surface area contributed by atoms with E-state index < -0.39 is 12.0 Å². The number of carbonyl (C=O) groups is 3. The predicted octanol–water partition coefficient (Wildman–Crippen LogP) is 0.149. The van der Waals surface area contributed by atoms with Crippen molar-refractivity contribution in [3.05, 3.63) is 35.9 Å². The second-order valence-corrected chi connectivity index (χ2v) is 5.58. The van der Waals surface area contributed by atoms with E-state index in [2.05, 4.69) is 16.1 Å². The lowest BCUT2D eigenvalue weighted by atomic mass is 10.1. The smallest absolute Gasteiger partial charge is 0.327 e. The number of nitrogens with two attached hydrogens (primary N) is 1. The number of esters is 1. The number of nitrogens with zero attached hydrogens (tertiary/aromatic N) is 2. The van der Waals surface area contributed by atoms with Crippen molar-refractivity contribution in [3.8, 4) is 6.07 Å². The molecule has 1 fully saturated rings. The highest BCUT2D eigenvalue weighted by atomic mass is 16.5. The number of likely N-dealkylation sites (tertiary alicyclic amines) is 1. The summed E-state index contributed by atoms with van der Waals surface area (Å²) in [5.41, 5.74) is 6.34. The number of hydrogen-bond donors (Lipinski definition) is 2. The van der Waals surface area contributed by atoms with E-state index in [1.165, 1.54) is 7.11 Å². The van der Waals surface area contributed by atoms with Crippen LogP contribution in [0, 0.1) is 11.3 Å². The van der Waals surface area contributed by atoms with Crippen LogP contribution in [0.25, 0.3) is 0 Å². The number of amides is 1. The maximum Gasteiger partial charge on any atom is 0.327 e. The van der Waals surface area contributed by atoms with Gasteiger partial charge in [-0.3, -0.25) is 9.59 Å². The minimum atomic E-state index is -0.670. The number of carbonyl (C=O) groups excluding carboxylic acids is 3. The molecule has 0 aliphatic carbocycles. The molecule has 140 valence electrons. The second kappa shape index (κ2) is 11.7. The van der Waals surface area contributed by atoms with Crippen LogP contribution in [0.1, 0.15) is 24.4 Å². The third kappa shape index (κ3) is 6.63. The Kier molecular flexibility index (Phi) is 9.61. The molecule has 0 bridgehead atoms. The van der Waals surface area contributed by atoms with Crippen LogP contribution in [0.2, 0.25) is 0 Å². The van der Waals surface area contributed by atoms with Gasteiger partial charge in [-0.1, -0.05) is 30.3 Å². The van der Waals surface area contributed by atoms with Crippen molar-refractivity contribution in [1.82, 2.24) is 10.2 Å². The van der Waals surface area contributed by atoms with Crippen molar-refractivity contribution in [2.24, 2.45) is 5.73 Å². The molecule has 0 saturated carbocycles. The van der Waals surface area contributed by atoms with Crippen LogP contribution in [-0.4, -0.2) is 55.8 Å². The first-order valence-corrected chi connectivity index (χ1v) is 8.27. The van der Waals surface area contributed by atoms with E-state index in [-0.39, 0.29) is 25.0 Å². The lowest BCUT2D eigenvalue weighted by Crippen LogP contribution is -2.40. The lowest BCUT2D eigenvalue weighted by molar-refractivity contribution is -0.142. The Morgan fingerprint density at radius 2 is 2.15 bits per heavy atom. The third-order valence-electron chi connectivity index (χ3n) is 3.84. The molecule has 1 aromatic rings. The van der Waals surface area contributed by atoms with E-state index in [1.54, 1.807) is 17.0 Å². The summed E-state index contributed by atoms with van der Waals surface area (Å²) in [5.74, 6) is -0.517. The Hall–Kier alpha value is -2.76. The fourth-order valence-corrected chi connectivity index (χ4v) is 2.46. The molecule has 3 N–H and O–H groups in total. The Morgan fingerprint density at radius 3 is 2.73 bits per heavy atom.